The van der Waals surface area contributed by atoms with Crippen molar-refractivity contribution in [2.45, 2.75) is 76.4 Å². The largest absolute Gasteiger partial charge is 0.491 e. The highest BCUT2D eigenvalue weighted by Gasteiger charge is 2.46. The molecular weight excluding hydrogens is 400 g/mol. The summed E-state index contributed by atoms with van der Waals surface area (Å²) in [6.45, 7) is 10.5. The number of hydrogen-bond acceptors (Lipinski definition) is 5. The molecule has 5 nitrogen and oxygen atoms in total. The van der Waals surface area contributed by atoms with Gasteiger partial charge in [0.1, 0.15) is 11.4 Å². The Balaban J connectivity index is 1.61. The molecule has 166 valence electrons. The van der Waals surface area contributed by atoms with Gasteiger partial charge in [-0.15, -0.1) is 0 Å². The smallest absolute Gasteiger partial charge is 0.296 e. The fourth-order valence-electron chi connectivity index (χ4n) is 4.45. The molecule has 3 atom stereocenters. The van der Waals surface area contributed by atoms with Gasteiger partial charge < -0.3 is 9.47 Å². The quantitative estimate of drug-likeness (QED) is 0.430. The third-order valence-electron chi connectivity index (χ3n) is 6.63. The normalized spacial score (nSPS) is 29.3. The molecule has 0 radical (unpaired) electrons. The Bertz CT molecular complexity index is 944. The van der Waals surface area contributed by atoms with Gasteiger partial charge in [0, 0.05) is 13.0 Å². The first kappa shape index (κ1) is 23.0. The van der Waals surface area contributed by atoms with Crippen LogP contribution in [0.1, 0.15) is 58.9 Å². The first-order valence-corrected chi connectivity index (χ1v) is 12.0. The molecule has 2 aliphatic rings. The highest BCUT2D eigenvalue weighted by Crippen LogP contribution is 2.48. The number of ether oxygens (including phenoxy) is 2. The average molecular weight is 435 g/mol. The second kappa shape index (κ2) is 8.48. The summed E-state index contributed by atoms with van der Waals surface area (Å²) in [5.41, 5.74) is 2.68. The van der Waals surface area contributed by atoms with Gasteiger partial charge in [0.2, 0.25) is 0 Å². The van der Waals surface area contributed by atoms with Crippen LogP contribution in [0.2, 0.25) is 0 Å². The van der Waals surface area contributed by atoms with Gasteiger partial charge in [-0.05, 0) is 89.7 Å². The molecule has 30 heavy (non-hydrogen) atoms. The van der Waals surface area contributed by atoms with Crippen molar-refractivity contribution in [3.63, 3.8) is 0 Å². The van der Waals surface area contributed by atoms with E-state index in [1.807, 2.05) is 6.92 Å². The minimum atomic E-state index is -3.73. The molecule has 1 fully saturated rings. The average Bonchev–Trinajstić information content (AvgIpc) is 2.70. The van der Waals surface area contributed by atoms with Crippen LogP contribution in [0.15, 0.2) is 52.1 Å². The van der Waals surface area contributed by atoms with E-state index in [0.29, 0.717) is 6.42 Å². The molecule has 3 unspecified atom stereocenters. The van der Waals surface area contributed by atoms with Gasteiger partial charge in [-0.1, -0.05) is 17.7 Å². The summed E-state index contributed by atoms with van der Waals surface area (Å²) in [4.78, 5) is 0.195. The molecule has 1 aromatic rings. The fraction of sp³-hybridized carbons (Fsp3) is 0.583. The Kier molecular flexibility index (Phi) is 6.51. The number of hydrogen-bond donors (Lipinski definition) is 0. The minimum Gasteiger partial charge on any atom is -0.491 e. The second-order valence-corrected chi connectivity index (χ2v) is 10.7. The van der Waals surface area contributed by atoms with E-state index in [-0.39, 0.29) is 28.6 Å². The monoisotopic (exact) mass is 434 g/mol. The Morgan fingerprint density at radius 3 is 2.43 bits per heavy atom. The van der Waals surface area contributed by atoms with E-state index >= 15 is 0 Å². The molecule has 0 bridgehead atoms. The summed E-state index contributed by atoms with van der Waals surface area (Å²) in [6.07, 6.45) is 5.40. The maximum atomic E-state index is 12.4. The van der Waals surface area contributed by atoms with Crippen molar-refractivity contribution in [2.24, 2.45) is 5.92 Å². The lowest BCUT2D eigenvalue weighted by atomic mass is 9.72. The van der Waals surface area contributed by atoms with Gasteiger partial charge in [0.05, 0.1) is 17.1 Å². The van der Waals surface area contributed by atoms with Crippen LogP contribution in [0.25, 0.3) is 0 Å². The van der Waals surface area contributed by atoms with Crippen molar-refractivity contribution in [1.29, 1.82) is 0 Å². The van der Waals surface area contributed by atoms with Crippen LogP contribution in [0, 0.1) is 12.8 Å². The van der Waals surface area contributed by atoms with Gasteiger partial charge in [-0.25, -0.2) is 0 Å². The van der Waals surface area contributed by atoms with Crippen molar-refractivity contribution in [1.82, 2.24) is 0 Å². The number of aryl methyl sites for hydroxylation is 1. The SMILES string of the molecule is COC1(C)C=C(C)C(C)=C2OC(C)(CCCOS(=O)(=O)c3ccc(C)cc3)CCC21. The summed E-state index contributed by atoms with van der Waals surface area (Å²) < 4.78 is 42.4. The topological polar surface area (TPSA) is 61.8 Å². The Morgan fingerprint density at radius 2 is 1.80 bits per heavy atom. The molecular formula is C24H34O5S. The Morgan fingerprint density at radius 1 is 1.13 bits per heavy atom. The predicted molar refractivity (Wildman–Crippen MR) is 118 cm³/mol. The molecule has 1 aromatic carbocycles. The molecule has 0 amide bonds. The predicted octanol–water partition coefficient (Wildman–Crippen LogP) is 5.30. The lowest BCUT2D eigenvalue weighted by Crippen LogP contribution is -2.46. The van der Waals surface area contributed by atoms with Crippen LogP contribution in [-0.4, -0.2) is 33.3 Å². The van der Waals surface area contributed by atoms with Crippen molar-refractivity contribution in [3.8, 4) is 0 Å². The summed E-state index contributed by atoms with van der Waals surface area (Å²) in [5.74, 6) is 1.22. The van der Waals surface area contributed by atoms with E-state index in [9.17, 15) is 8.42 Å². The molecule has 6 heteroatoms. The number of rotatable bonds is 7. The van der Waals surface area contributed by atoms with Crippen LogP contribution < -0.4 is 0 Å². The first-order chi connectivity index (χ1) is 14.0. The Hall–Kier alpha value is -1.63. The zero-order valence-electron chi connectivity index (χ0n) is 18.9. The molecule has 0 aromatic heterocycles. The number of allylic oxidation sites excluding steroid dienone is 2. The van der Waals surface area contributed by atoms with Crippen LogP contribution in [0.4, 0.5) is 0 Å². The zero-order valence-corrected chi connectivity index (χ0v) is 19.8. The summed E-state index contributed by atoms with van der Waals surface area (Å²) in [7, 11) is -1.98. The van der Waals surface area contributed by atoms with Gasteiger partial charge >= 0.3 is 0 Å². The van der Waals surface area contributed by atoms with Crippen LogP contribution in [0.3, 0.4) is 0 Å². The highest BCUT2D eigenvalue weighted by atomic mass is 32.2. The third kappa shape index (κ3) is 4.66. The first-order valence-electron chi connectivity index (χ1n) is 10.6. The maximum absolute atomic E-state index is 12.4. The van der Waals surface area contributed by atoms with Crippen molar-refractivity contribution in [3.05, 3.63) is 52.8 Å². The lowest BCUT2D eigenvalue weighted by Gasteiger charge is -2.48. The lowest BCUT2D eigenvalue weighted by molar-refractivity contribution is -0.0969. The number of fused-ring (bicyclic) bond motifs is 1. The summed E-state index contributed by atoms with van der Waals surface area (Å²) in [5, 5.41) is 0. The van der Waals surface area contributed by atoms with Crippen LogP contribution in [-0.2, 0) is 23.8 Å². The van der Waals surface area contributed by atoms with Crippen molar-refractivity contribution >= 4 is 10.1 Å². The van der Waals surface area contributed by atoms with Crippen LogP contribution >= 0.6 is 0 Å². The molecule has 1 aliphatic carbocycles. The zero-order chi connectivity index (χ0) is 22.2. The van der Waals surface area contributed by atoms with E-state index in [4.69, 9.17) is 13.7 Å². The highest BCUT2D eigenvalue weighted by molar-refractivity contribution is 7.86. The van der Waals surface area contributed by atoms with E-state index in [1.54, 1.807) is 31.4 Å². The van der Waals surface area contributed by atoms with E-state index in [1.165, 1.54) is 11.1 Å². The number of benzene rings is 1. The van der Waals surface area contributed by atoms with E-state index in [0.717, 1.165) is 30.6 Å². The number of methoxy groups -OCH3 is 1. The van der Waals surface area contributed by atoms with Crippen molar-refractivity contribution in [2.75, 3.05) is 13.7 Å². The van der Waals surface area contributed by atoms with E-state index < -0.39 is 10.1 Å². The standard InChI is InChI=1S/C24H34O5S/c1-17-8-10-20(11-9-17)30(25,26)28-15-7-13-23(4)14-12-21-22(29-23)19(3)18(2)16-24(21,5)27-6/h8-11,16,21H,7,12-15H2,1-6H3. The molecule has 1 aliphatic heterocycles. The van der Waals surface area contributed by atoms with E-state index in [2.05, 4.69) is 33.8 Å². The Labute approximate surface area is 181 Å². The summed E-state index contributed by atoms with van der Waals surface area (Å²) in [6, 6.07) is 6.71. The van der Waals surface area contributed by atoms with Gasteiger partial charge in [-0.2, -0.15) is 8.42 Å². The molecule has 3 rings (SSSR count). The maximum Gasteiger partial charge on any atom is 0.296 e. The summed E-state index contributed by atoms with van der Waals surface area (Å²) >= 11 is 0. The molecule has 1 heterocycles. The van der Waals surface area contributed by atoms with Crippen molar-refractivity contribution < 1.29 is 22.1 Å². The second-order valence-electron chi connectivity index (χ2n) is 9.04. The third-order valence-corrected chi connectivity index (χ3v) is 7.96. The fourth-order valence-corrected chi connectivity index (χ4v) is 5.39. The van der Waals surface area contributed by atoms with Gasteiger partial charge in [0.15, 0.2) is 0 Å². The molecule has 0 saturated carbocycles. The van der Waals surface area contributed by atoms with Crippen LogP contribution in [0.5, 0.6) is 0 Å². The minimum absolute atomic E-state index is 0.144. The van der Waals surface area contributed by atoms with Gasteiger partial charge in [0.25, 0.3) is 10.1 Å². The molecule has 1 saturated heterocycles. The van der Waals surface area contributed by atoms with Gasteiger partial charge in [-0.3, -0.25) is 4.18 Å². The molecule has 0 spiro atoms. The molecule has 0 N–H and O–H groups in total.